The molecule has 0 radical (unpaired) electrons. The van der Waals surface area contributed by atoms with Gasteiger partial charge in [0, 0.05) is 18.2 Å². The van der Waals surface area contributed by atoms with Crippen molar-refractivity contribution < 1.29 is 8.78 Å². The summed E-state index contributed by atoms with van der Waals surface area (Å²) in [6.45, 7) is 5.22. The van der Waals surface area contributed by atoms with Crippen LogP contribution in [-0.2, 0) is 0 Å². The predicted molar refractivity (Wildman–Crippen MR) is 82.2 cm³/mol. The molecule has 6 heteroatoms. The monoisotopic (exact) mass is 315 g/mol. The molecule has 1 aliphatic heterocycles. The molecule has 2 rings (SSSR count). The van der Waals surface area contributed by atoms with Crippen molar-refractivity contribution in [3.63, 3.8) is 0 Å². The molecule has 1 unspecified atom stereocenters. The highest BCUT2D eigenvalue weighted by atomic mass is 35.5. The Labute approximate surface area is 128 Å². The molecule has 1 heterocycles. The van der Waals surface area contributed by atoms with Gasteiger partial charge in [0.05, 0.1) is 17.1 Å². The van der Waals surface area contributed by atoms with Crippen LogP contribution in [0, 0.1) is 10.8 Å². The molecule has 0 bridgehead atoms. The van der Waals surface area contributed by atoms with E-state index in [2.05, 4.69) is 0 Å². The number of nitrogens with two attached hydrogens (primary N) is 1. The summed E-state index contributed by atoms with van der Waals surface area (Å²) in [7, 11) is 0. The number of nitrogens with one attached hydrogen (secondary N) is 1. The standard InChI is InChI=1S/C15H20ClF2N3/c1-14(2,3)11-7-15(17,18)8-21(11)13(20)12-9(16)5-4-6-10(12)19/h4-6,11,20H,7-8,19H2,1-3H3. The fourth-order valence-electron chi connectivity index (χ4n) is 2.76. The molecule has 0 aliphatic carbocycles. The van der Waals surface area contributed by atoms with E-state index in [0.29, 0.717) is 16.3 Å². The lowest BCUT2D eigenvalue weighted by Gasteiger charge is -2.36. The molecule has 116 valence electrons. The molecular formula is C15H20ClF2N3. The summed E-state index contributed by atoms with van der Waals surface area (Å²) >= 11 is 6.10. The van der Waals surface area contributed by atoms with Crippen molar-refractivity contribution in [2.45, 2.75) is 39.2 Å². The van der Waals surface area contributed by atoms with E-state index in [4.69, 9.17) is 22.7 Å². The van der Waals surface area contributed by atoms with Gasteiger partial charge in [0.15, 0.2) is 0 Å². The number of amidine groups is 1. The van der Waals surface area contributed by atoms with Gasteiger partial charge in [0.1, 0.15) is 5.84 Å². The number of alkyl halides is 2. The van der Waals surface area contributed by atoms with Gasteiger partial charge in [0.2, 0.25) is 0 Å². The maximum Gasteiger partial charge on any atom is 0.267 e. The fourth-order valence-corrected chi connectivity index (χ4v) is 3.03. The van der Waals surface area contributed by atoms with Crippen LogP contribution in [0.3, 0.4) is 0 Å². The van der Waals surface area contributed by atoms with Crippen LogP contribution in [-0.4, -0.2) is 29.2 Å². The molecule has 1 fully saturated rings. The zero-order valence-electron chi connectivity index (χ0n) is 12.4. The normalized spacial score (nSPS) is 21.6. The van der Waals surface area contributed by atoms with Crippen LogP contribution >= 0.6 is 11.6 Å². The number of nitrogens with zero attached hydrogens (tertiary/aromatic N) is 1. The Morgan fingerprint density at radius 1 is 1.43 bits per heavy atom. The highest BCUT2D eigenvalue weighted by molar-refractivity contribution is 6.34. The van der Waals surface area contributed by atoms with Gasteiger partial charge in [-0.05, 0) is 17.5 Å². The third kappa shape index (κ3) is 3.12. The number of hydrogen-bond acceptors (Lipinski definition) is 2. The summed E-state index contributed by atoms with van der Waals surface area (Å²) in [6.07, 6.45) is -0.261. The molecule has 0 amide bonds. The van der Waals surface area contributed by atoms with Crippen LogP contribution in [0.2, 0.25) is 5.02 Å². The van der Waals surface area contributed by atoms with E-state index in [-0.39, 0.29) is 17.7 Å². The minimum atomic E-state index is -2.81. The third-order valence-electron chi connectivity index (χ3n) is 3.84. The van der Waals surface area contributed by atoms with Crippen LogP contribution in [0.4, 0.5) is 14.5 Å². The van der Waals surface area contributed by atoms with Crippen molar-refractivity contribution in [2.75, 3.05) is 12.3 Å². The number of likely N-dealkylation sites (tertiary alicyclic amines) is 1. The molecular weight excluding hydrogens is 296 g/mol. The molecule has 1 aliphatic rings. The van der Waals surface area contributed by atoms with E-state index >= 15 is 0 Å². The van der Waals surface area contributed by atoms with Crippen molar-refractivity contribution in [1.82, 2.24) is 4.90 Å². The average Bonchev–Trinajstić information content (AvgIpc) is 2.65. The Kier molecular flexibility index (Phi) is 3.91. The zero-order chi connectivity index (χ0) is 16.0. The van der Waals surface area contributed by atoms with Gasteiger partial charge in [-0.1, -0.05) is 38.4 Å². The molecule has 0 saturated carbocycles. The maximum absolute atomic E-state index is 13.8. The first-order valence-corrected chi connectivity index (χ1v) is 7.18. The lowest BCUT2D eigenvalue weighted by Crippen LogP contribution is -2.43. The number of benzene rings is 1. The average molecular weight is 316 g/mol. The van der Waals surface area contributed by atoms with E-state index in [0.717, 1.165) is 0 Å². The molecule has 1 saturated heterocycles. The van der Waals surface area contributed by atoms with Crippen molar-refractivity contribution in [3.8, 4) is 0 Å². The number of anilines is 1. The first-order valence-electron chi connectivity index (χ1n) is 6.80. The van der Waals surface area contributed by atoms with Crippen molar-refractivity contribution in [2.24, 2.45) is 5.41 Å². The number of nitrogen functional groups attached to an aromatic ring is 1. The van der Waals surface area contributed by atoms with Gasteiger partial charge in [-0.3, -0.25) is 5.41 Å². The Morgan fingerprint density at radius 3 is 2.57 bits per heavy atom. The lowest BCUT2D eigenvalue weighted by molar-refractivity contribution is 0.0146. The first-order chi connectivity index (χ1) is 9.53. The maximum atomic E-state index is 13.8. The van der Waals surface area contributed by atoms with E-state index < -0.39 is 18.5 Å². The van der Waals surface area contributed by atoms with E-state index in [1.807, 2.05) is 20.8 Å². The van der Waals surface area contributed by atoms with Gasteiger partial charge in [-0.2, -0.15) is 0 Å². The Morgan fingerprint density at radius 2 is 2.05 bits per heavy atom. The zero-order valence-corrected chi connectivity index (χ0v) is 13.1. The minimum absolute atomic E-state index is 0.0322. The SMILES string of the molecule is CC(C)(C)C1CC(F)(F)CN1C(=N)c1c(N)cccc1Cl. The van der Waals surface area contributed by atoms with Crippen molar-refractivity contribution in [1.29, 1.82) is 5.41 Å². The Bertz CT molecular complexity index is 546. The van der Waals surface area contributed by atoms with Crippen molar-refractivity contribution >= 4 is 23.1 Å². The predicted octanol–water partition coefficient (Wildman–Crippen LogP) is 4.00. The third-order valence-corrected chi connectivity index (χ3v) is 4.15. The quantitative estimate of drug-likeness (QED) is 0.467. The number of halogens is 3. The van der Waals surface area contributed by atoms with Gasteiger partial charge in [-0.15, -0.1) is 0 Å². The lowest BCUT2D eigenvalue weighted by atomic mass is 9.84. The second-order valence-electron chi connectivity index (χ2n) is 6.62. The molecule has 0 spiro atoms. The van der Waals surface area contributed by atoms with Crippen LogP contribution in [0.15, 0.2) is 18.2 Å². The molecule has 3 N–H and O–H groups in total. The number of hydrogen-bond donors (Lipinski definition) is 2. The van der Waals surface area contributed by atoms with Gasteiger partial charge in [-0.25, -0.2) is 8.78 Å². The van der Waals surface area contributed by atoms with Crippen LogP contribution < -0.4 is 5.73 Å². The summed E-state index contributed by atoms with van der Waals surface area (Å²) in [5.41, 5.74) is 6.15. The first kappa shape index (κ1) is 16.0. The van der Waals surface area contributed by atoms with Crippen LogP contribution in [0.5, 0.6) is 0 Å². The van der Waals surface area contributed by atoms with Crippen molar-refractivity contribution in [3.05, 3.63) is 28.8 Å². The van der Waals surface area contributed by atoms with Crippen LogP contribution in [0.25, 0.3) is 0 Å². The fraction of sp³-hybridized carbons (Fsp3) is 0.533. The van der Waals surface area contributed by atoms with E-state index in [1.54, 1.807) is 18.2 Å². The van der Waals surface area contributed by atoms with Crippen LogP contribution in [0.1, 0.15) is 32.8 Å². The smallest absolute Gasteiger partial charge is 0.267 e. The summed E-state index contributed by atoms with van der Waals surface area (Å²) in [4.78, 5) is 1.43. The molecule has 21 heavy (non-hydrogen) atoms. The molecule has 3 nitrogen and oxygen atoms in total. The van der Waals surface area contributed by atoms with Gasteiger partial charge in [0.25, 0.3) is 5.92 Å². The molecule has 1 aromatic carbocycles. The highest BCUT2D eigenvalue weighted by Gasteiger charge is 2.50. The summed E-state index contributed by atoms with van der Waals surface area (Å²) in [5.74, 6) is -2.84. The topological polar surface area (TPSA) is 53.1 Å². The summed E-state index contributed by atoms with van der Waals surface area (Å²) in [5, 5.41) is 8.63. The van der Waals surface area contributed by atoms with E-state index in [1.165, 1.54) is 4.90 Å². The van der Waals surface area contributed by atoms with Gasteiger partial charge >= 0.3 is 0 Å². The highest BCUT2D eigenvalue weighted by Crippen LogP contribution is 2.41. The van der Waals surface area contributed by atoms with Gasteiger partial charge < -0.3 is 10.6 Å². The van der Waals surface area contributed by atoms with E-state index in [9.17, 15) is 8.78 Å². The summed E-state index contributed by atoms with van der Waals surface area (Å²) < 4.78 is 27.7. The molecule has 1 aromatic rings. The minimum Gasteiger partial charge on any atom is -0.398 e. The second-order valence-corrected chi connectivity index (χ2v) is 7.03. The molecule has 1 atom stereocenters. The molecule has 0 aromatic heterocycles. The second kappa shape index (κ2) is 5.13. The Hall–Kier alpha value is -1.36. The number of rotatable bonds is 1. The largest absolute Gasteiger partial charge is 0.398 e. The summed E-state index contributed by atoms with van der Waals surface area (Å²) in [6, 6.07) is 4.47. The Balaban J connectivity index is 2.42.